The van der Waals surface area contributed by atoms with Gasteiger partial charge in [0.1, 0.15) is 0 Å². The van der Waals surface area contributed by atoms with Gasteiger partial charge in [-0.2, -0.15) is 0 Å². The van der Waals surface area contributed by atoms with Crippen LogP contribution in [0.25, 0.3) is 0 Å². The fraction of sp³-hybridized carbons (Fsp3) is 1.00. The molecule has 0 saturated heterocycles. The van der Waals surface area contributed by atoms with Gasteiger partial charge in [0.05, 0.1) is 0 Å². The van der Waals surface area contributed by atoms with Crippen molar-refractivity contribution in [2.24, 2.45) is 0 Å². The minimum Gasteiger partial charge on any atom is -0.127 e. The van der Waals surface area contributed by atoms with Crippen LogP contribution in [0.4, 0.5) is 0 Å². The molecule has 6 heavy (non-hydrogen) atoms. The van der Waals surface area contributed by atoms with Gasteiger partial charge in [-0.3, -0.25) is 0 Å². The highest BCUT2D eigenvalue weighted by Crippen LogP contribution is 1.92. The van der Waals surface area contributed by atoms with Gasteiger partial charge in [0.25, 0.3) is 0 Å². The number of alkyl halides is 1. The maximum absolute atomic E-state index is 5.36. The van der Waals surface area contributed by atoms with Crippen LogP contribution in [-0.4, -0.2) is 16.1 Å². The lowest BCUT2D eigenvalue weighted by atomic mass is 10.4. The van der Waals surface area contributed by atoms with Gasteiger partial charge < -0.3 is 0 Å². The van der Waals surface area contributed by atoms with E-state index in [0.717, 1.165) is 18.3 Å². The number of rotatable bonds is 3. The molecule has 0 aliphatic carbocycles. The van der Waals surface area contributed by atoms with Gasteiger partial charge in [-0.05, 0) is 6.42 Å². The fourth-order valence-electron chi connectivity index (χ4n) is 0.219. The molecule has 0 aliphatic rings. The third-order valence-corrected chi connectivity index (χ3v) is 1.18. The van der Waals surface area contributed by atoms with Crippen molar-refractivity contribution in [3.63, 3.8) is 0 Å². The zero-order valence-corrected chi connectivity index (χ0v) is 5.46. The van der Waals surface area contributed by atoms with E-state index in [0.29, 0.717) is 0 Å². The first-order valence-electron chi connectivity index (χ1n) is 2.12. The minimum atomic E-state index is 0.796. The summed E-state index contributed by atoms with van der Waals surface area (Å²) in [6.07, 6.45) is 2.32. The number of halogens is 1. The Balaban J connectivity index is 2.34. The Morgan fingerprint density at radius 1 is 1.33 bits per heavy atom. The summed E-state index contributed by atoms with van der Waals surface area (Å²) in [6, 6.07) is 1.08. The van der Waals surface area contributed by atoms with Crippen molar-refractivity contribution in [1.29, 1.82) is 0 Å². The zero-order valence-electron chi connectivity index (χ0n) is 3.71. The summed E-state index contributed by atoms with van der Waals surface area (Å²) < 4.78 is 0. The van der Waals surface area contributed by atoms with E-state index in [1.54, 1.807) is 0 Å². The number of unbranched alkanes of at least 4 members (excludes halogenated alkanes) is 1. The normalized spacial score (nSPS) is 9.00. The Morgan fingerprint density at radius 3 is 2.17 bits per heavy atom. The SMILES string of the molecule is [Si]CCCCCl. The first kappa shape index (κ1) is 6.51. The summed E-state index contributed by atoms with van der Waals surface area (Å²) in [6.45, 7) is 0. The minimum absolute atomic E-state index is 0.796. The van der Waals surface area contributed by atoms with Crippen molar-refractivity contribution in [1.82, 2.24) is 0 Å². The molecule has 2 heteroatoms. The summed E-state index contributed by atoms with van der Waals surface area (Å²) in [5, 5.41) is 0. The highest BCUT2D eigenvalue weighted by atomic mass is 35.5. The zero-order chi connectivity index (χ0) is 4.83. The number of hydrogen-bond donors (Lipinski definition) is 0. The largest absolute Gasteiger partial charge is 0.127 e. The monoisotopic (exact) mass is 119 g/mol. The lowest BCUT2D eigenvalue weighted by Gasteiger charge is -1.84. The molecule has 0 rings (SSSR count). The summed E-state index contributed by atoms with van der Waals surface area (Å²) >= 11 is 5.36. The van der Waals surface area contributed by atoms with Gasteiger partial charge in [-0.1, -0.05) is 12.5 Å². The lowest BCUT2D eigenvalue weighted by Crippen LogP contribution is -1.72. The predicted molar refractivity (Wildman–Crippen MR) is 30.5 cm³/mol. The van der Waals surface area contributed by atoms with Crippen LogP contribution in [-0.2, 0) is 0 Å². The molecule has 0 aliphatic heterocycles. The molecule has 0 aromatic rings. The molecule has 0 unspecified atom stereocenters. The van der Waals surface area contributed by atoms with E-state index in [1.807, 2.05) is 0 Å². The van der Waals surface area contributed by atoms with E-state index in [2.05, 4.69) is 10.2 Å². The molecule has 0 spiro atoms. The second-order valence-electron chi connectivity index (χ2n) is 1.15. The second-order valence-corrected chi connectivity index (χ2v) is 2.02. The Hall–Kier alpha value is 0.507. The molecule has 0 aromatic carbocycles. The molecule has 0 fully saturated rings. The third kappa shape index (κ3) is 4.51. The van der Waals surface area contributed by atoms with Crippen molar-refractivity contribution in [2.75, 3.05) is 5.88 Å². The molecule has 3 radical (unpaired) electrons. The summed E-state index contributed by atoms with van der Waals surface area (Å²) in [5.74, 6) is 0.796. The van der Waals surface area contributed by atoms with Crippen LogP contribution in [0, 0.1) is 0 Å². The van der Waals surface area contributed by atoms with Crippen LogP contribution in [0.2, 0.25) is 6.04 Å². The average molecular weight is 120 g/mol. The topological polar surface area (TPSA) is 0 Å². The molecule has 0 saturated carbocycles. The first-order chi connectivity index (χ1) is 2.91. The Morgan fingerprint density at radius 2 is 2.00 bits per heavy atom. The molecule has 0 amide bonds. The van der Waals surface area contributed by atoms with Crippen molar-refractivity contribution < 1.29 is 0 Å². The quantitative estimate of drug-likeness (QED) is 0.301. The molecular formula is C4H8ClSi. The lowest BCUT2D eigenvalue weighted by molar-refractivity contribution is 0.890. The van der Waals surface area contributed by atoms with Crippen LogP contribution in [0.5, 0.6) is 0 Å². The Labute approximate surface area is 47.3 Å². The van der Waals surface area contributed by atoms with Gasteiger partial charge in [0.2, 0.25) is 0 Å². The van der Waals surface area contributed by atoms with Crippen LogP contribution in [0.15, 0.2) is 0 Å². The van der Waals surface area contributed by atoms with E-state index >= 15 is 0 Å². The van der Waals surface area contributed by atoms with E-state index < -0.39 is 0 Å². The maximum Gasteiger partial charge on any atom is 0.0223 e. The third-order valence-electron chi connectivity index (χ3n) is 0.560. The van der Waals surface area contributed by atoms with E-state index in [4.69, 9.17) is 11.6 Å². The van der Waals surface area contributed by atoms with Crippen LogP contribution in [0.3, 0.4) is 0 Å². The van der Waals surface area contributed by atoms with Gasteiger partial charge >= 0.3 is 0 Å². The van der Waals surface area contributed by atoms with Gasteiger partial charge in [0.15, 0.2) is 0 Å². The second kappa shape index (κ2) is 5.51. The average Bonchev–Trinajstić information content (AvgIpc) is 1.61. The Bertz CT molecular complexity index is 19.5. The van der Waals surface area contributed by atoms with Crippen molar-refractivity contribution in [3.8, 4) is 0 Å². The van der Waals surface area contributed by atoms with E-state index in [9.17, 15) is 0 Å². The number of hydrogen-bond acceptors (Lipinski definition) is 0. The molecule has 35 valence electrons. The predicted octanol–water partition coefficient (Wildman–Crippen LogP) is 1.59. The fourth-order valence-corrected chi connectivity index (χ4v) is 0.658. The summed E-state index contributed by atoms with van der Waals surface area (Å²) in [4.78, 5) is 0. The standard InChI is InChI=1S/C4H8ClSi/c5-3-1-2-4-6/h1-4H2. The van der Waals surface area contributed by atoms with Crippen LogP contribution >= 0.6 is 11.6 Å². The Kier molecular flexibility index (Phi) is 5.97. The summed E-state index contributed by atoms with van der Waals surface area (Å²) in [7, 11) is 3.33. The highest BCUT2D eigenvalue weighted by Gasteiger charge is 1.77. The van der Waals surface area contributed by atoms with E-state index in [-0.39, 0.29) is 0 Å². The summed E-state index contributed by atoms with van der Waals surface area (Å²) in [5.41, 5.74) is 0. The van der Waals surface area contributed by atoms with E-state index in [1.165, 1.54) is 6.42 Å². The smallest absolute Gasteiger partial charge is 0.0223 e. The van der Waals surface area contributed by atoms with Crippen LogP contribution in [0.1, 0.15) is 12.8 Å². The molecule has 0 heterocycles. The van der Waals surface area contributed by atoms with Crippen molar-refractivity contribution in [2.45, 2.75) is 18.9 Å². The maximum atomic E-state index is 5.36. The van der Waals surface area contributed by atoms with Gasteiger partial charge in [0, 0.05) is 16.1 Å². The molecule has 0 nitrogen and oxygen atoms in total. The molecule has 0 atom stereocenters. The molecular weight excluding hydrogens is 112 g/mol. The molecule has 0 bridgehead atoms. The molecule has 0 aromatic heterocycles. The van der Waals surface area contributed by atoms with Crippen LogP contribution < -0.4 is 0 Å². The van der Waals surface area contributed by atoms with Crippen molar-refractivity contribution in [3.05, 3.63) is 0 Å². The van der Waals surface area contributed by atoms with Crippen molar-refractivity contribution >= 4 is 21.8 Å². The van der Waals surface area contributed by atoms with Gasteiger partial charge in [-0.15, -0.1) is 11.6 Å². The molecule has 0 N–H and O–H groups in total. The van der Waals surface area contributed by atoms with Gasteiger partial charge in [-0.25, -0.2) is 0 Å². The highest BCUT2D eigenvalue weighted by molar-refractivity contribution is 6.17. The first-order valence-corrected chi connectivity index (χ1v) is 3.36.